The average molecular weight is 316 g/mol. The minimum absolute atomic E-state index is 0.220. The van der Waals surface area contributed by atoms with Gasteiger partial charge in [0.15, 0.2) is 0 Å². The Kier molecular flexibility index (Phi) is 3.20. The van der Waals surface area contributed by atoms with Crippen molar-refractivity contribution >= 4 is 16.7 Å². The number of benzene rings is 2. The largest absolute Gasteiger partial charge is 0.383 e. The Labute approximate surface area is 138 Å². The van der Waals surface area contributed by atoms with E-state index < -0.39 is 0 Å². The predicted octanol–water partition coefficient (Wildman–Crippen LogP) is 3.27. The molecule has 0 radical (unpaired) electrons. The number of hydrogen-bond acceptors (Lipinski definition) is 3. The standard InChI is InChI=1S/C19H16N4O/c1-12-15(13-8-4-2-5-9-13)17-16(19(24)21-12)18(20)23(22-17)14-10-6-3-7-11-14/h2-11H,20H2,1H3,(H,21,24). The molecule has 0 saturated heterocycles. The Morgan fingerprint density at radius 3 is 2.29 bits per heavy atom. The lowest BCUT2D eigenvalue weighted by Gasteiger charge is -2.06. The fraction of sp³-hybridized carbons (Fsp3) is 0.0526. The molecule has 0 amide bonds. The first-order valence-corrected chi connectivity index (χ1v) is 7.68. The molecule has 4 aromatic rings. The van der Waals surface area contributed by atoms with E-state index in [0.29, 0.717) is 16.7 Å². The number of aromatic nitrogens is 3. The van der Waals surface area contributed by atoms with Crippen LogP contribution in [-0.2, 0) is 0 Å². The summed E-state index contributed by atoms with van der Waals surface area (Å²) in [5.41, 5.74) is 10.1. The molecule has 5 heteroatoms. The van der Waals surface area contributed by atoms with Gasteiger partial charge in [-0.15, -0.1) is 0 Å². The van der Waals surface area contributed by atoms with Gasteiger partial charge < -0.3 is 10.7 Å². The van der Waals surface area contributed by atoms with Crippen LogP contribution in [0.2, 0.25) is 0 Å². The number of nitrogen functional groups attached to an aromatic ring is 1. The number of nitrogens with two attached hydrogens (primary N) is 1. The molecule has 24 heavy (non-hydrogen) atoms. The number of H-pyrrole nitrogens is 1. The van der Waals surface area contributed by atoms with Crippen molar-refractivity contribution in [1.82, 2.24) is 14.8 Å². The molecule has 0 aliphatic carbocycles. The molecular formula is C19H16N4O. The molecule has 0 aliphatic rings. The van der Waals surface area contributed by atoms with Crippen molar-refractivity contribution < 1.29 is 0 Å². The topological polar surface area (TPSA) is 76.7 Å². The number of nitrogens with zero attached hydrogens (tertiary/aromatic N) is 2. The normalized spacial score (nSPS) is 11.0. The van der Waals surface area contributed by atoms with Gasteiger partial charge in [0.05, 0.1) is 5.69 Å². The van der Waals surface area contributed by atoms with Crippen LogP contribution in [-0.4, -0.2) is 14.8 Å². The molecule has 5 nitrogen and oxygen atoms in total. The number of aryl methyl sites for hydroxylation is 1. The van der Waals surface area contributed by atoms with Gasteiger partial charge in [0.25, 0.3) is 5.56 Å². The van der Waals surface area contributed by atoms with Gasteiger partial charge >= 0.3 is 0 Å². The zero-order valence-electron chi connectivity index (χ0n) is 13.2. The van der Waals surface area contributed by atoms with E-state index in [4.69, 9.17) is 5.73 Å². The molecule has 118 valence electrons. The number of nitrogens with one attached hydrogen (secondary N) is 1. The summed E-state index contributed by atoms with van der Waals surface area (Å²) in [4.78, 5) is 15.4. The van der Waals surface area contributed by atoms with Crippen LogP contribution < -0.4 is 11.3 Å². The Balaban J connectivity index is 2.11. The summed E-state index contributed by atoms with van der Waals surface area (Å²) in [6.45, 7) is 1.88. The Morgan fingerprint density at radius 2 is 1.62 bits per heavy atom. The van der Waals surface area contributed by atoms with E-state index in [1.165, 1.54) is 0 Å². The number of hydrogen-bond donors (Lipinski definition) is 2. The van der Waals surface area contributed by atoms with Gasteiger partial charge in [0, 0.05) is 11.3 Å². The van der Waals surface area contributed by atoms with Crippen molar-refractivity contribution in [3.8, 4) is 16.8 Å². The van der Waals surface area contributed by atoms with Crippen LogP contribution in [0, 0.1) is 6.92 Å². The number of fused-ring (bicyclic) bond motifs is 1. The van der Waals surface area contributed by atoms with Crippen molar-refractivity contribution in [3.63, 3.8) is 0 Å². The second-order valence-electron chi connectivity index (χ2n) is 5.68. The first-order valence-electron chi connectivity index (χ1n) is 7.68. The van der Waals surface area contributed by atoms with Crippen molar-refractivity contribution in [2.45, 2.75) is 6.92 Å². The van der Waals surface area contributed by atoms with Crippen molar-refractivity contribution in [2.24, 2.45) is 0 Å². The van der Waals surface area contributed by atoms with E-state index in [2.05, 4.69) is 10.1 Å². The van der Waals surface area contributed by atoms with Gasteiger partial charge in [-0.25, -0.2) is 4.68 Å². The molecular weight excluding hydrogens is 300 g/mol. The smallest absolute Gasteiger partial charge is 0.261 e. The number of rotatable bonds is 2. The van der Waals surface area contributed by atoms with Crippen LogP contribution in [0.3, 0.4) is 0 Å². The maximum Gasteiger partial charge on any atom is 0.261 e. The lowest BCUT2D eigenvalue weighted by atomic mass is 10.0. The minimum atomic E-state index is -0.220. The summed E-state index contributed by atoms with van der Waals surface area (Å²) in [5.74, 6) is 0.342. The van der Waals surface area contributed by atoms with Crippen LogP contribution in [0.1, 0.15) is 5.69 Å². The molecule has 0 spiro atoms. The lowest BCUT2D eigenvalue weighted by Crippen LogP contribution is -2.10. The van der Waals surface area contributed by atoms with Crippen molar-refractivity contribution in [3.05, 3.63) is 76.7 Å². The summed E-state index contributed by atoms with van der Waals surface area (Å²) >= 11 is 0. The molecule has 0 atom stereocenters. The lowest BCUT2D eigenvalue weighted by molar-refractivity contribution is 0.908. The Hall–Kier alpha value is -3.34. The van der Waals surface area contributed by atoms with E-state index in [1.807, 2.05) is 67.6 Å². The first kappa shape index (κ1) is 14.3. The van der Waals surface area contributed by atoms with E-state index >= 15 is 0 Å². The monoisotopic (exact) mass is 316 g/mol. The third-order valence-corrected chi connectivity index (χ3v) is 4.12. The SMILES string of the molecule is Cc1[nH]c(=O)c2c(N)n(-c3ccccc3)nc2c1-c1ccccc1. The quantitative estimate of drug-likeness (QED) is 0.596. The summed E-state index contributed by atoms with van der Waals surface area (Å²) in [6, 6.07) is 19.4. The highest BCUT2D eigenvalue weighted by atomic mass is 16.1. The molecule has 3 N–H and O–H groups in total. The minimum Gasteiger partial charge on any atom is -0.383 e. The third kappa shape index (κ3) is 2.10. The summed E-state index contributed by atoms with van der Waals surface area (Å²) in [6.07, 6.45) is 0. The molecule has 2 heterocycles. The van der Waals surface area contributed by atoms with Crippen molar-refractivity contribution in [2.75, 3.05) is 5.73 Å². The molecule has 0 fully saturated rings. The zero-order chi connectivity index (χ0) is 16.7. The number of anilines is 1. The van der Waals surface area contributed by atoms with Gasteiger partial charge in [-0.1, -0.05) is 48.5 Å². The van der Waals surface area contributed by atoms with Gasteiger partial charge in [0.2, 0.25) is 0 Å². The zero-order valence-corrected chi connectivity index (χ0v) is 13.2. The fourth-order valence-corrected chi connectivity index (χ4v) is 3.03. The van der Waals surface area contributed by atoms with E-state index in [0.717, 1.165) is 22.5 Å². The van der Waals surface area contributed by atoms with Gasteiger partial charge in [-0.2, -0.15) is 5.10 Å². The summed E-state index contributed by atoms with van der Waals surface area (Å²) < 4.78 is 1.62. The number of para-hydroxylation sites is 1. The second-order valence-corrected chi connectivity index (χ2v) is 5.68. The summed E-state index contributed by atoms with van der Waals surface area (Å²) in [7, 11) is 0. The number of aromatic amines is 1. The highest BCUT2D eigenvalue weighted by Gasteiger charge is 2.19. The first-order chi connectivity index (χ1) is 11.7. The Bertz CT molecular complexity index is 1080. The van der Waals surface area contributed by atoms with Gasteiger partial charge in [-0.3, -0.25) is 4.79 Å². The third-order valence-electron chi connectivity index (χ3n) is 4.12. The highest BCUT2D eigenvalue weighted by molar-refractivity contribution is 5.99. The molecule has 0 bridgehead atoms. The maximum absolute atomic E-state index is 12.5. The predicted molar refractivity (Wildman–Crippen MR) is 96.3 cm³/mol. The highest BCUT2D eigenvalue weighted by Crippen LogP contribution is 2.31. The van der Waals surface area contributed by atoms with Crippen LogP contribution in [0.4, 0.5) is 5.82 Å². The van der Waals surface area contributed by atoms with Gasteiger partial charge in [-0.05, 0) is 24.6 Å². The molecule has 0 aliphatic heterocycles. The van der Waals surface area contributed by atoms with Crippen LogP contribution in [0.15, 0.2) is 65.5 Å². The van der Waals surface area contributed by atoms with E-state index in [1.54, 1.807) is 4.68 Å². The molecule has 0 saturated carbocycles. The van der Waals surface area contributed by atoms with E-state index in [9.17, 15) is 4.79 Å². The molecule has 2 aromatic carbocycles. The average Bonchev–Trinajstić information content (AvgIpc) is 2.94. The fourth-order valence-electron chi connectivity index (χ4n) is 3.03. The number of pyridine rings is 1. The maximum atomic E-state index is 12.5. The van der Waals surface area contributed by atoms with Crippen LogP contribution in [0.5, 0.6) is 0 Å². The second kappa shape index (κ2) is 5.38. The van der Waals surface area contributed by atoms with Gasteiger partial charge in [0.1, 0.15) is 16.7 Å². The molecule has 0 unspecified atom stereocenters. The Morgan fingerprint density at radius 1 is 1.00 bits per heavy atom. The van der Waals surface area contributed by atoms with Crippen molar-refractivity contribution in [1.29, 1.82) is 0 Å². The van der Waals surface area contributed by atoms with E-state index in [-0.39, 0.29) is 5.56 Å². The summed E-state index contributed by atoms with van der Waals surface area (Å²) in [5, 5.41) is 5.07. The van der Waals surface area contributed by atoms with Crippen LogP contribution >= 0.6 is 0 Å². The molecule has 4 rings (SSSR count). The molecule has 2 aromatic heterocycles. The van der Waals surface area contributed by atoms with Crippen LogP contribution in [0.25, 0.3) is 27.7 Å².